The number of aromatic nitrogens is 2. The summed E-state index contributed by atoms with van der Waals surface area (Å²) in [6.07, 6.45) is 1.51. The number of nitrogens with one attached hydrogen (secondary N) is 1. The molecule has 2 rings (SSSR count). The molecule has 1 N–H and O–H groups in total. The minimum atomic E-state index is -0.301. The van der Waals surface area contributed by atoms with E-state index in [-0.39, 0.29) is 5.82 Å². The summed E-state index contributed by atoms with van der Waals surface area (Å²) in [4.78, 5) is 0. The van der Waals surface area contributed by atoms with Crippen LogP contribution in [0.2, 0.25) is 5.02 Å². The molecule has 0 radical (unpaired) electrons. The van der Waals surface area contributed by atoms with Gasteiger partial charge in [-0.2, -0.15) is 5.10 Å². The van der Waals surface area contributed by atoms with Crippen molar-refractivity contribution < 1.29 is 4.39 Å². The van der Waals surface area contributed by atoms with Crippen molar-refractivity contribution in [2.75, 3.05) is 0 Å². The van der Waals surface area contributed by atoms with Gasteiger partial charge < -0.3 is 0 Å². The van der Waals surface area contributed by atoms with E-state index in [1.807, 2.05) is 0 Å². The Balaban J connectivity index is 2.53. The Morgan fingerprint density at radius 3 is 2.79 bits per heavy atom. The molecule has 1 aromatic heterocycles. The Morgan fingerprint density at radius 1 is 1.43 bits per heavy atom. The van der Waals surface area contributed by atoms with Gasteiger partial charge in [0, 0.05) is 5.56 Å². The van der Waals surface area contributed by atoms with Crippen molar-refractivity contribution in [1.82, 2.24) is 10.2 Å². The van der Waals surface area contributed by atoms with Gasteiger partial charge in [0.2, 0.25) is 0 Å². The second-order valence-electron chi connectivity index (χ2n) is 2.72. The summed E-state index contributed by atoms with van der Waals surface area (Å²) in [5, 5.41) is 7.04. The molecule has 0 fully saturated rings. The summed E-state index contributed by atoms with van der Waals surface area (Å²) in [6, 6.07) is 4.66. The molecule has 0 aliphatic rings. The van der Waals surface area contributed by atoms with Crippen LogP contribution in [0, 0.1) is 5.82 Å². The molecule has 2 aromatic rings. The lowest BCUT2D eigenvalue weighted by atomic mass is 10.1. The summed E-state index contributed by atoms with van der Waals surface area (Å²) in [7, 11) is 0. The average Bonchev–Trinajstić information content (AvgIpc) is 2.57. The normalized spacial score (nSPS) is 10.5. The fourth-order valence-corrected chi connectivity index (χ4v) is 1.70. The van der Waals surface area contributed by atoms with Crippen molar-refractivity contribution in [3.63, 3.8) is 0 Å². The quantitative estimate of drug-likeness (QED) is 0.846. The predicted molar refractivity (Wildman–Crippen MR) is 56.7 cm³/mol. The lowest BCUT2D eigenvalue weighted by Crippen LogP contribution is -1.82. The number of hydrogen-bond donors (Lipinski definition) is 1. The molecule has 1 aromatic carbocycles. The van der Waals surface area contributed by atoms with Crippen molar-refractivity contribution in [2.45, 2.75) is 0 Å². The minimum Gasteiger partial charge on any atom is -0.276 e. The molecule has 72 valence electrons. The van der Waals surface area contributed by atoms with Crippen LogP contribution in [0.1, 0.15) is 0 Å². The van der Waals surface area contributed by atoms with Crippen LogP contribution in [-0.4, -0.2) is 10.2 Å². The summed E-state index contributed by atoms with van der Waals surface area (Å²) in [5.74, 6) is -0.301. The fraction of sp³-hybridized carbons (Fsp3) is 0. The number of benzene rings is 1. The van der Waals surface area contributed by atoms with Crippen LogP contribution in [0.25, 0.3) is 11.3 Å². The van der Waals surface area contributed by atoms with Crippen LogP contribution >= 0.6 is 27.5 Å². The molecule has 0 spiro atoms. The van der Waals surface area contributed by atoms with Gasteiger partial charge in [-0.05, 0) is 34.1 Å². The second-order valence-corrected chi connectivity index (χ2v) is 3.98. The second kappa shape index (κ2) is 3.71. The first-order valence-corrected chi connectivity index (χ1v) is 5.00. The molecule has 0 aliphatic heterocycles. The van der Waals surface area contributed by atoms with Crippen LogP contribution < -0.4 is 0 Å². The molecule has 0 saturated carbocycles. The zero-order valence-corrected chi connectivity index (χ0v) is 9.23. The van der Waals surface area contributed by atoms with Crippen LogP contribution in [0.15, 0.2) is 28.9 Å². The third kappa shape index (κ3) is 1.67. The summed E-state index contributed by atoms with van der Waals surface area (Å²) < 4.78 is 13.3. The first kappa shape index (κ1) is 9.68. The van der Waals surface area contributed by atoms with Crippen LogP contribution in [0.5, 0.6) is 0 Å². The molecule has 0 unspecified atom stereocenters. The minimum absolute atomic E-state index is 0.301. The number of nitrogens with zero attached hydrogens (tertiary/aromatic N) is 1. The maximum absolute atomic E-state index is 12.9. The van der Waals surface area contributed by atoms with E-state index in [2.05, 4.69) is 26.1 Å². The topological polar surface area (TPSA) is 28.7 Å². The van der Waals surface area contributed by atoms with Gasteiger partial charge in [-0.1, -0.05) is 11.6 Å². The van der Waals surface area contributed by atoms with Crippen molar-refractivity contribution in [3.8, 4) is 11.3 Å². The Hall–Kier alpha value is -0.870. The molecule has 0 bridgehead atoms. The van der Waals surface area contributed by atoms with Gasteiger partial charge in [0.1, 0.15) is 5.82 Å². The molecule has 0 aliphatic carbocycles. The number of H-pyrrole nitrogens is 1. The highest BCUT2D eigenvalue weighted by Crippen LogP contribution is 2.28. The Kier molecular flexibility index (Phi) is 2.56. The molecular weight excluding hydrogens is 270 g/mol. The van der Waals surface area contributed by atoms with E-state index < -0.39 is 0 Å². The van der Waals surface area contributed by atoms with Crippen molar-refractivity contribution >= 4 is 27.5 Å². The van der Waals surface area contributed by atoms with E-state index in [1.165, 1.54) is 12.3 Å². The van der Waals surface area contributed by atoms with Gasteiger partial charge in [-0.3, -0.25) is 5.10 Å². The average molecular weight is 276 g/mol. The van der Waals surface area contributed by atoms with Gasteiger partial charge in [0.25, 0.3) is 0 Å². The molecule has 14 heavy (non-hydrogen) atoms. The first-order valence-electron chi connectivity index (χ1n) is 3.83. The van der Waals surface area contributed by atoms with Crippen molar-refractivity contribution in [2.24, 2.45) is 0 Å². The molecule has 1 heterocycles. The first-order chi connectivity index (χ1) is 6.68. The smallest absolute Gasteiger partial charge is 0.137 e. The monoisotopic (exact) mass is 274 g/mol. The summed E-state index contributed by atoms with van der Waals surface area (Å²) in [5.41, 5.74) is 1.48. The van der Waals surface area contributed by atoms with Crippen LogP contribution in [0.4, 0.5) is 4.39 Å². The maximum atomic E-state index is 12.9. The van der Waals surface area contributed by atoms with Crippen LogP contribution in [0.3, 0.4) is 0 Å². The van der Waals surface area contributed by atoms with Crippen LogP contribution in [-0.2, 0) is 0 Å². The number of rotatable bonds is 1. The molecule has 5 heteroatoms. The Bertz CT molecular complexity index is 470. The SMILES string of the molecule is Fc1ccc(-c2[nH]ncc2Cl)cc1Br. The number of halogens is 3. The van der Waals surface area contributed by atoms with Gasteiger partial charge in [-0.25, -0.2) is 4.39 Å². The molecule has 0 saturated heterocycles. The molecule has 2 nitrogen and oxygen atoms in total. The molecule has 0 atom stereocenters. The van der Waals surface area contributed by atoms with E-state index in [0.717, 1.165) is 5.56 Å². The molecule has 0 amide bonds. The van der Waals surface area contributed by atoms with Gasteiger partial charge >= 0.3 is 0 Å². The fourth-order valence-electron chi connectivity index (χ4n) is 1.13. The number of hydrogen-bond acceptors (Lipinski definition) is 1. The van der Waals surface area contributed by atoms with Gasteiger partial charge in [0.05, 0.1) is 21.4 Å². The predicted octanol–water partition coefficient (Wildman–Crippen LogP) is 3.63. The molecular formula is C9H5BrClFN2. The lowest BCUT2D eigenvalue weighted by molar-refractivity contribution is 0.621. The third-order valence-electron chi connectivity index (χ3n) is 1.80. The zero-order valence-electron chi connectivity index (χ0n) is 6.89. The highest BCUT2D eigenvalue weighted by molar-refractivity contribution is 9.10. The van der Waals surface area contributed by atoms with E-state index in [0.29, 0.717) is 15.2 Å². The van der Waals surface area contributed by atoms with Gasteiger partial charge in [0.15, 0.2) is 0 Å². The summed E-state index contributed by atoms with van der Waals surface area (Å²) >= 11 is 8.97. The highest BCUT2D eigenvalue weighted by atomic mass is 79.9. The Labute approximate surface area is 93.2 Å². The number of aromatic amines is 1. The van der Waals surface area contributed by atoms with Crippen molar-refractivity contribution in [1.29, 1.82) is 0 Å². The van der Waals surface area contributed by atoms with Crippen molar-refractivity contribution in [3.05, 3.63) is 39.7 Å². The lowest BCUT2D eigenvalue weighted by Gasteiger charge is -2.00. The highest BCUT2D eigenvalue weighted by Gasteiger charge is 2.07. The summed E-state index contributed by atoms with van der Waals surface area (Å²) in [6.45, 7) is 0. The standard InChI is InChI=1S/C9H5BrClFN2/c10-6-3-5(1-2-8(6)12)9-7(11)4-13-14-9/h1-4H,(H,13,14). The maximum Gasteiger partial charge on any atom is 0.137 e. The Morgan fingerprint density at radius 2 is 2.21 bits per heavy atom. The third-order valence-corrected chi connectivity index (χ3v) is 2.70. The zero-order chi connectivity index (χ0) is 10.1. The van der Waals surface area contributed by atoms with E-state index >= 15 is 0 Å². The largest absolute Gasteiger partial charge is 0.276 e. The van der Waals surface area contributed by atoms with E-state index in [1.54, 1.807) is 12.1 Å². The van der Waals surface area contributed by atoms with Gasteiger partial charge in [-0.15, -0.1) is 0 Å². The van der Waals surface area contributed by atoms with E-state index in [9.17, 15) is 4.39 Å². The van der Waals surface area contributed by atoms with E-state index in [4.69, 9.17) is 11.6 Å².